The number of hydrogen-bond acceptors (Lipinski definition) is 6. The van der Waals surface area contributed by atoms with Gasteiger partial charge in [0, 0.05) is 11.3 Å². The van der Waals surface area contributed by atoms with Crippen molar-refractivity contribution in [2.75, 3.05) is 19.5 Å². The lowest BCUT2D eigenvalue weighted by molar-refractivity contribution is -0.137. The molecule has 0 fully saturated rings. The van der Waals surface area contributed by atoms with Crippen molar-refractivity contribution in [3.05, 3.63) is 127 Å². The Labute approximate surface area is 233 Å². The summed E-state index contributed by atoms with van der Waals surface area (Å²) in [5.74, 6) is -0.803. The molecule has 0 aliphatic carbocycles. The zero-order valence-corrected chi connectivity index (χ0v) is 22.9. The summed E-state index contributed by atoms with van der Waals surface area (Å²) >= 11 is 0. The molecule has 4 rings (SSSR count). The number of para-hydroxylation sites is 1. The van der Waals surface area contributed by atoms with Gasteiger partial charge in [-0.05, 0) is 59.2 Å². The van der Waals surface area contributed by atoms with E-state index in [4.69, 9.17) is 9.47 Å². The molecule has 0 saturated carbocycles. The number of amides is 1. The molecule has 0 bridgehead atoms. The van der Waals surface area contributed by atoms with E-state index >= 15 is 0 Å². The highest BCUT2D eigenvalue weighted by molar-refractivity contribution is 7.89. The van der Waals surface area contributed by atoms with Crippen LogP contribution >= 0.6 is 0 Å². The molecule has 4 aromatic carbocycles. The third-order valence-corrected chi connectivity index (χ3v) is 8.00. The number of rotatable bonds is 10. The van der Waals surface area contributed by atoms with E-state index in [9.17, 15) is 18.0 Å². The lowest BCUT2D eigenvalue weighted by atomic mass is 10.0. The van der Waals surface area contributed by atoms with Gasteiger partial charge in [0.1, 0.15) is 11.4 Å². The summed E-state index contributed by atoms with van der Waals surface area (Å²) < 4.78 is 38.0. The van der Waals surface area contributed by atoms with Crippen LogP contribution in [0, 0.1) is 0 Å². The predicted molar refractivity (Wildman–Crippen MR) is 153 cm³/mol. The average Bonchev–Trinajstić information content (AvgIpc) is 3.00. The monoisotopic (exact) mass is 556 g/mol. The first kappa shape index (κ1) is 28.1. The number of hydrogen-bond donors (Lipinski definition) is 1. The van der Waals surface area contributed by atoms with E-state index in [1.165, 1.54) is 31.4 Å². The van der Waals surface area contributed by atoms with Crippen LogP contribution in [0.15, 0.2) is 120 Å². The Morgan fingerprint density at radius 1 is 0.800 bits per heavy atom. The molecular weight excluding hydrogens is 528 g/mol. The first-order valence-electron chi connectivity index (χ1n) is 12.2. The Balaban J connectivity index is 1.61. The minimum Gasteiger partial charge on any atom is -0.497 e. The maximum Gasteiger partial charge on any atom is 0.354 e. The minimum atomic E-state index is -4.24. The second-order valence-electron chi connectivity index (χ2n) is 8.68. The van der Waals surface area contributed by atoms with Crippen LogP contribution in [0.2, 0.25) is 0 Å². The summed E-state index contributed by atoms with van der Waals surface area (Å²) in [5, 5.41) is 2.86. The van der Waals surface area contributed by atoms with Crippen LogP contribution in [0.1, 0.15) is 15.9 Å². The molecule has 1 amide bonds. The number of anilines is 1. The van der Waals surface area contributed by atoms with Crippen LogP contribution in [0.25, 0.3) is 11.1 Å². The highest BCUT2D eigenvalue weighted by Crippen LogP contribution is 2.28. The van der Waals surface area contributed by atoms with Crippen LogP contribution in [-0.4, -0.2) is 38.8 Å². The Hall–Kier alpha value is -4.89. The van der Waals surface area contributed by atoms with E-state index in [2.05, 4.69) is 11.9 Å². The van der Waals surface area contributed by atoms with Crippen LogP contribution in [0.5, 0.6) is 5.75 Å². The lowest BCUT2D eigenvalue weighted by Crippen LogP contribution is -2.33. The first-order valence-corrected chi connectivity index (χ1v) is 13.7. The quantitative estimate of drug-likeness (QED) is 0.205. The molecule has 0 aromatic heterocycles. The maximum absolute atomic E-state index is 13.6. The van der Waals surface area contributed by atoms with Gasteiger partial charge in [-0.25, -0.2) is 13.2 Å². The fourth-order valence-corrected chi connectivity index (χ4v) is 5.40. The molecule has 9 heteroatoms. The summed E-state index contributed by atoms with van der Waals surface area (Å²) in [6.45, 7) is 3.39. The van der Waals surface area contributed by atoms with Gasteiger partial charge in [-0.15, -0.1) is 0 Å². The topological polar surface area (TPSA) is 102 Å². The zero-order chi connectivity index (χ0) is 28.7. The number of sulfonamides is 1. The molecule has 40 heavy (non-hydrogen) atoms. The molecular formula is C31H28N2O6S. The standard InChI is InChI=1S/C31H28N2O6S/c1-22(31(35)39-3)33(40(36,37)28-19-17-27(38-2)18-20-28)21-26-11-7-8-12-29(26)32-30(34)25-15-13-24(14-16-25)23-9-5-4-6-10-23/h4-20H,1,21H2,2-3H3,(H,32,34). The van der Waals surface area contributed by atoms with E-state index in [1.807, 2.05) is 42.5 Å². The maximum atomic E-state index is 13.6. The van der Waals surface area contributed by atoms with Crippen LogP contribution in [-0.2, 0) is 26.1 Å². The molecule has 0 atom stereocenters. The number of carbonyl (C=O) groups is 2. The lowest BCUT2D eigenvalue weighted by Gasteiger charge is -2.26. The van der Waals surface area contributed by atoms with E-state index < -0.39 is 16.0 Å². The van der Waals surface area contributed by atoms with Gasteiger partial charge >= 0.3 is 5.97 Å². The van der Waals surface area contributed by atoms with E-state index in [0.29, 0.717) is 22.6 Å². The van der Waals surface area contributed by atoms with Gasteiger partial charge in [0.25, 0.3) is 15.9 Å². The molecule has 0 radical (unpaired) electrons. The third kappa shape index (κ3) is 6.22. The number of carbonyl (C=O) groups excluding carboxylic acids is 2. The number of ether oxygens (including phenoxy) is 2. The van der Waals surface area contributed by atoms with Crippen molar-refractivity contribution in [3.63, 3.8) is 0 Å². The Bertz CT molecular complexity index is 1620. The molecule has 0 unspecified atom stereocenters. The van der Waals surface area contributed by atoms with Gasteiger partial charge in [-0.3, -0.25) is 9.10 Å². The first-order chi connectivity index (χ1) is 19.2. The summed E-state index contributed by atoms with van der Waals surface area (Å²) in [6, 6.07) is 29.5. The smallest absolute Gasteiger partial charge is 0.354 e. The highest BCUT2D eigenvalue weighted by Gasteiger charge is 2.30. The van der Waals surface area contributed by atoms with Gasteiger partial charge < -0.3 is 14.8 Å². The fourth-order valence-electron chi connectivity index (χ4n) is 3.99. The molecule has 204 valence electrons. The summed E-state index contributed by atoms with van der Waals surface area (Å²) in [5.41, 5.74) is 2.88. The van der Waals surface area contributed by atoms with Crippen molar-refractivity contribution in [1.29, 1.82) is 0 Å². The van der Waals surface area contributed by atoms with Gasteiger partial charge in [-0.2, -0.15) is 0 Å². The SMILES string of the molecule is C=C(C(=O)OC)N(Cc1ccccc1NC(=O)c1ccc(-c2ccccc2)cc1)S(=O)(=O)c1ccc(OC)cc1. The normalized spacial score (nSPS) is 10.8. The Morgan fingerprint density at radius 3 is 2.02 bits per heavy atom. The number of nitrogens with zero attached hydrogens (tertiary/aromatic N) is 1. The van der Waals surface area contributed by atoms with Crippen LogP contribution in [0.4, 0.5) is 5.69 Å². The number of methoxy groups -OCH3 is 2. The largest absolute Gasteiger partial charge is 0.497 e. The second kappa shape index (κ2) is 12.3. The van der Waals surface area contributed by atoms with Gasteiger partial charge in [0.15, 0.2) is 0 Å². The van der Waals surface area contributed by atoms with Crippen molar-refractivity contribution in [1.82, 2.24) is 4.31 Å². The predicted octanol–water partition coefficient (Wildman–Crippen LogP) is 5.49. The van der Waals surface area contributed by atoms with Crippen molar-refractivity contribution < 1.29 is 27.5 Å². The van der Waals surface area contributed by atoms with E-state index in [0.717, 1.165) is 22.5 Å². The average molecular weight is 557 g/mol. The van der Waals surface area contributed by atoms with Crippen molar-refractivity contribution in [3.8, 4) is 16.9 Å². The summed E-state index contributed by atoms with van der Waals surface area (Å²) in [7, 11) is -1.63. The molecule has 8 nitrogen and oxygen atoms in total. The van der Waals surface area contributed by atoms with Crippen LogP contribution < -0.4 is 10.1 Å². The van der Waals surface area contributed by atoms with E-state index in [-0.39, 0.29) is 23.0 Å². The third-order valence-electron chi connectivity index (χ3n) is 6.20. The summed E-state index contributed by atoms with van der Waals surface area (Å²) in [4.78, 5) is 25.4. The Kier molecular flexibility index (Phi) is 8.66. The van der Waals surface area contributed by atoms with Gasteiger partial charge in [-0.1, -0.05) is 67.2 Å². The molecule has 1 N–H and O–H groups in total. The second-order valence-corrected chi connectivity index (χ2v) is 10.5. The molecule has 0 aliphatic heterocycles. The highest BCUT2D eigenvalue weighted by atomic mass is 32.2. The molecule has 0 heterocycles. The number of nitrogens with one attached hydrogen (secondary N) is 1. The molecule has 4 aromatic rings. The van der Waals surface area contributed by atoms with Crippen molar-refractivity contribution >= 4 is 27.6 Å². The zero-order valence-electron chi connectivity index (χ0n) is 22.0. The summed E-state index contributed by atoms with van der Waals surface area (Å²) in [6.07, 6.45) is 0. The molecule has 0 saturated heterocycles. The molecule has 0 aliphatic rings. The van der Waals surface area contributed by atoms with Crippen LogP contribution in [0.3, 0.4) is 0 Å². The van der Waals surface area contributed by atoms with Crippen molar-refractivity contribution in [2.24, 2.45) is 0 Å². The number of benzene rings is 4. The van der Waals surface area contributed by atoms with Crippen molar-refractivity contribution in [2.45, 2.75) is 11.4 Å². The van der Waals surface area contributed by atoms with Gasteiger partial charge in [0.05, 0.1) is 25.7 Å². The van der Waals surface area contributed by atoms with E-state index in [1.54, 1.807) is 36.4 Å². The number of esters is 1. The molecule has 0 spiro atoms. The van der Waals surface area contributed by atoms with Gasteiger partial charge in [0.2, 0.25) is 0 Å². The fraction of sp³-hybridized carbons (Fsp3) is 0.0968. The Morgan fingerprint density at radius 2 is 1.40 bits per heavy atom. The minimum absolute atomic E-state index is 0.0709.